The van der Waals surface area contributed by atoms with Gasteiger partial charge in [0.1, 0.15) is 0 Å². The molecule has 1 aromatic heterocycles. The Morgan fingerprint density at radius 2 is 2.00 bits per heavy atom. The fraction of sp³-hybridized carbons (Fsp3) is 0.250. The van der Waals surface area contributed by atoms with Crippen molar-refractivity contribution >= 4 is 26.5 Å². The number of hydrogen-bond donors (Lipinski definition) is 1. The minimum absolute atomic E-state index is 0.0295. The van der Waals surface area contributed by atoms with Crippen LogP contribution in [0.25, 0.3) is 0 Å². The third kappa shape index (κ3) is 3.30. The molecular formula is C12H14N2O2S2. The normalized spacial score (nSPS) is 11.4. The van der Waals surface area contributed by atoms with Crippen LogP contribution < -0.4 is 4.72 Å². The van der Waals surface area contributed by atoms with E-state index < -0.39 is 10.0 Å². The van der Waals surface area contributed by atoms with Gasteiger partial charge in [-0.05, 0) is 25.0 Å². The Hall–Kier alpha value is -1.40. The van der Waals surface area contributed by atoms with Crippen LogP contribution in [0.15, 0.2) is 29.6 Å². The van der Waals surface area contributed by atoms with E-state index in [0.717, 1.165) is 16.8 Å². The van der Waals surface area contributed by atoms with Gasteiger partial charge < -0.3 is 0 Å². The van der Waals surface area contributed by atoms with Crippen molar-refractivity contribution in [2.45, 2.75) is 19.6 Å². The van der Waals surface area contributed by atoms with E-state index in [2.05, 4.69) is 9.71 Å². The van der Waals surface area contributed by atoms with Gasteiger partial charge in [0, 0.05) is 5.38 Å². The molecule has 4 nitrogen and oxygen atoms in total. The van der Waals surface area contributed by atoms with Crippen LogP contribution in [0.4, 0.5) is 5.13 Å². The summed E-state index contributed by atoms with van der Waals surface area (Å²) < 4.78 is 26.5. The Balaban J connectivity index is 2.15. The minimum atomic E-state index is -3.40. The lowest BCUT2D eigenvalue weighted by Gasteiger charge is -2.07. The molecule has 0 aliphatic heterocycles. The van der Waals surface area contributed by atoms with Crippen molar-refractivity contribution in [3.05, 3.63) is 46.5 Å². The SMILES string of the molecule is Cc1csc(NS(=O)(=O)Cc2ccccc2C)n1. The molecule has 6 heteroatoms. The molecule has 96 valence electrons. The molecule has 1 heterocycles. The summed E-state index contributed by atoms with van der Waals surface area (Å²) in [6.45, 7) is 3.73. The first-order valence-electron chi connectivity index (χ1n) is 5.43. The van der Waals surface area contributed by atoms with Crippen LogP contribution >= 0.6 is 11.3 Å². The molecule has 0 saturated heterocycles. The predicted molar refractivity (Wildman–Crippen MR) is 74.3 cm³/mol. The quantitative estimate of drug-likeness (QED) is 0.938. The Morgan fingerprint density at radius 1 is 1.28 bits per heavy atom. The fourth-order valence-electron chi connectivity index (χ4n) is 1.55. The van der Waals surface area contributed by atoms with Crippen LogP contribution in [0.1, 0.15) is 16.8 Å². The van der Waals surface area contributed by atoms with E-state index in [1.807, 2.05) is 43.5 Å². The van der Waals surface area contributed by atoms with Crippen LogP contribution in [0.5, 0.6) is 0 Å². The van der Waals surface area contributed by atoms with Crippen LogP contribution in [-0.2, 0) is 15.8 Å². The number of benzene rings is 1. The molecule has 0 aliphatic rings. The average molecular weight is 282 g/mol. The molecule has 2 aromatic rings. The molecule has 0 fully saturated rings. The van der Waals surface area contributed by atoms with Crippen molar-refractivity contribution in [3.8, 4) is 0 Å². The maximum atomic E-state index is 12.0. The van der Waals surface area contributed by atoms with Gasteiger partial charge in [-0.2, -0.15) is 0 Å². The molecule has 18 heavy (non-hydrogen) atoms. The summed E-state index contributed by atoms with van der Waals surface area (Å²) in [5, 5.41) is 2.23. The van der Waals surface area contributed by atoms with Crippen molar-refractivity contribution in [2.75, 3.05) is 4.72 Å². The standard InChI is InChI=1S/C12H14N2O2S2/c1-9-5-3-4-6-11(9)8-18(15,16)14-12-13-10(2)7-17-12/h3-7H,8H2,1-2H3,(H,13,14). The van der Waals surface area contributed by atoms with Gasteiger partial charge in [0.25, 0.3) is 0 Å². The molecule has 0 unspecified atom stereocenters. The van der Waals surface area contributed by atoms with Gasteiger partial charge in [-0.15, -0.1) is 11.3 Å². The summed E-state index contributed by atoms with van der Waals surface area (Å²) in [5.74, 6) is -0.0295. The average Bonchev–Trinajstić information content (AvgIpc) is 2.66. The minimum Gasteiger partial charge on any atom is -0.258 e. The van der Waals surface area contributed by atoms with Gasteiger partial charge in [0.15, 0.2) is 5.13 Å². The number of aromatic nitrogens is 1. The van der Waals surface area contributed by atoms with E-state index in [1.165, 1.54) is 11.3 Å². The highest BCUT2D eigenvalue weighted by atomic mass is 32.2. The van der Waals surface area contributed by atoms with E-state index in [4.69, 9.17) is 0 Å². The molecule has 0 saturated carbocycles. The van der Waals surface area contributed by atoms with Crippen molar-refractivity contribution < 1.29 is 8.42 Å². The molecular weight excluding hydrogens is 268 g/mol. The first-order chi connectivity index (χ1) is 8.46. The second kappa shape index (κ2) is 5.07. The highest BCUT2D eigenvalue weighted by Gasteiger charge is 2.14. The molecule has 0 bridgehead atoms. The van der Waals surface area contributed by atoms with E-state index >= 15 is 0 Å². The second-order valence-electron chi connectivity index (χ2n) is 4.08. The molecule has 0 radical (unpaired) electrons. The van der Waals surface area contributed by atoms with E-state index in [-0.39, 0.29) is 5.75 Å². The monoisotopic (exact) mass is 282 g/mol. The van der Waals surface area contributed by atoms with Crippen molar-refractivity contribution in [2.24, 2.45) is 0 Å². The van der Waals surface area contributed by atoms with E-state index in [9.17, 15) is 8.42 Å². The maximum absolute atomic E-state index is 12.0. The zero-order chi connectivity index (χ0) is 13.2. The number of sulfonamides is 1. The molecule has 0 spiro atoms. The zero-order valence-electron chi connectivity index (χ0n) is 10.2. The summed E-state index contributed by atoms with van der Waals surface area (Å²) in [5.41, 5.74) is 2.59. The second-order valence-corrected chi connectivity index (χ2v) is 6.66. The number of thiazole rings is 1. The predicted octanol–water partition coefficient (Wildman–Crippen LogP) is 2.70. The van der Waals surface area contributed by atoms with Gasteiger partial charge >= 0.3 is 0 Å². The number of hydrogen-bond acceptors (Lipinski definition) is 4. The van der Waals surface area contributed by atoms with Gasteiger partial charge in [0.2, 0.25) is 10.0 Å². The Bertz CT molecular complexity index is 648. The van der Waals surface area contributed by atoms with E-state index in [0.29, 0.717) is 5.13 Å². The third-order valence-electron chi connectivity index (χ3n) is 2.47. The first kappa shape index (κ1) is 13.0. The largest absolute Gasteiger partial charge is 0.258 e. The van der Waals surface area contributed by atoms with Crippen molar-refractivity contribution in [3.63, 3.8) is 0 Å². The van der Waals surface area contributed by atoms with Crippen LogP contribution in [0.3, 0.4) is 0 Å². The Morgan fingerprint density at radius 3 is 2.61 bits per heavy atom. The van der Waals surface area contributed by atoms with Gasteiger partial charge in [0.05, 0.1) is 11.4 Å². The highest BCUT2D eigenvalue weighted by Crippen LogP contribution is 2.18. The summed E-state index contributed by atoms with van der Waals surface area (Å²) in [7, 11) is -3.40. The summed E-state index contributed by atoms with van der Waals surface area (Å²) >= 11 is 1.29. The van der Waals surface area contributed by atoms with Crippen LogP contribution in [0, 0.1) is 13.8 Å². The highest BCUT2D eigenvalue weighted by molar-refractivity contribution is 7.92. The van der Waals surface area contributed by atoms with Gasteiger partial charge in [-0.1, -0.05) is 24.3 Å². The lowest BCUT2D eigenvalue weighted by molar-refractivity contribution is 0.600. The Kier molecular flexibility index (Phi) is 3.68. The first-order valence-corrected chi connectivity index (χ1v) is 7.96. The number of nitrogens with one attached hydrogen (secondary N) is 1. The smallest absolute Gasteiger partial charge is 0.238 e. The van der Waals surface area contributed by atoms with Gasteiger partial charge in [-0.25, -0.2) is 13.4 Å². The third-order valence-corrected chi connectivity index (χ3v) is 4.67. The summed E-state index contributed by atoms with van der Waals surface area (Å²) in [6.07, 6.45) is 0. The van der Waals surface area contributed by atoms with Crippen molar-refractivity contribution in [1.82, 2.24) is 4.98 Å². The van der Waals surface area contributed by atoms with Crippen LogP contribution in [-0.4, -0.2) is 13.4 Å². The molecule has 1 aromatic carbocycles. The maximum Gasteiger partial charge on any atom is 0.238 e. The van der Waals surface area contributed by atoms with E-state index in [1.54, 1.807) is 0 Å². The van der Waals surface area contributed by atoms with Crippen LogP contribution in [0.2, 0.25) is 0 Å². The Labute approximate surface area is 111 Å². The van der Waals surface area contributed by atoms with Crippen molar-refractivity contribution in [1.29, 1.82) is 0 Å². The summed E-state index contributed by atoms with van der Waals surface area (Å²) in [4.78, 5) is 4.09. The lowest BCUT2D eigenvalue weighted by Crippen LogP contribution is -2.15. The number of rotatable bonds is 4. The topological polar surface area (TPSA) is 59.1 Å². The molecule has 0 amide bonds. The molecule has 1 N–H and O–H groups in total. The fourth-order valence-corrected chi connectivity index (χ4v) is 3.77. The molecule has 0 atom stereocenters. The number of nitrogens with zero attached hydrogens (tertiary/aromatic N) is 1. The summed E-state index contributed by atoms with van der Waals surface area (Å²) in [6, 6.07) is 7.45. The molecule has 0 aliphatic carbocycles. The molecule has 2 rings (SSSR count). The number of anilines is 1. The van der Waals surface area contributed by atoms with Gasteiger partial charge in [-0.3, -0.25) is 4.72 Å². The lowest BCUT2D eigenvalue weighted by atomic mass is 10.1. The zero-order valence-corrected chi connectivity index (χ0v) is 11.8. The number of aryl methyl sites for hydroxylation is 2.